The van der Waals surface area contributed by atoms with Gasteiger partial charge in [0.15, 0.2) is 0 Å². The smallest absolute Gasteiger partial charge is 0.223 e. The van der Waals surface area contributed by atoms with Gasteiger partial charge in [0.2, 0.25) is 11.8 Å². The molecule has 2 heterocycles. The van der Waals surface area contributed by atoms with E-state index >= 15 is 0 Å². The second-order valence-electron chi connectivity index (χ2n) is 8.30. The minimum atomic E-state index is -0.110. The van der Waals surface area contributed by atoms with Crippen LogP contribution in [0.15, 0.2) is 47.4 Å². The van der Waals surface area contributed by atoms with E-state index in [1.165, 1.54) is 28.9 Å². The zero-order chi connectivity index (χ0) is 21.6. The Morgan fingerprint density at radius 3 is 2.71 bits per heavy atom. The van der Waals surface area contributed by atoms with Crippen molar-refractivity contribution >= 4 is 34.8 Å². The molecule has 4 nitrogen and oxygen atoms in total. The highest BCUT2D eigenvalue weighted by atomic mass is 35.5. The van der Waals surface area contributed by atoms with Gasteiger partial charge in [-0.15, -0.1) is 11.3 Å². The first kappa shape index (κ1) is 22.1. The van der Waals surface area contributed by atoms with Crippen molar-refractivity contribution in [3.05, 3.63) is 68.4 Å². The lowest BCUT2D eigenvalue weighted by molar-refractivity contribution is -0.135. The Morgan fingerprint density at radius 2 is 1.94 bits per heavy atom. The van der Waals surface area contributed by atoms with Crippen LogP contribution in [-0.2, 0) is 16.0 Å². The predicted molar refractivity (Wildman–Crippen MR) is 126 cm³/mol. The SMILES string of the molecule is O=C(CCC(=O)N1CCc2sccc2C1c1ccc(Cl)cc1)NCCC1=CCCCC1. The van der Waals surface area contributed by atoms with Crippen LogP contribution in [0.3, 0.4) is 0 Å². The van der Waals surface area contributed by atoms with Gasteiger partial charge < -0.3 is 10.2 Å². The molecule has 164 valence electrons. The molecule has 1 atom stereocenters. The molecule has 0 radical (unpaired) electrons. The van der Waals surface area contributed by atoms with Gasteiger partial charge in [0, 0.05) is 35.8 Å². The summed E-state index contributed by atoms with van der Waals surface area (Å²) >= 11 is 7.82. The molecule has 6 heteroatoms. The summed E-state index contributed by atoms with van der Waals surface area (Å²) in [4.78, 5) is 28.7. The number of carbonyl (C=O) groups is 2. The molecular formula is C25H29ClN2O2S. The normalized spacial score (nSPS) is 18.3. The molecule has 4 rings (SSSR count). The second kappa shape index (κ2) is 10.5. The van der Waals surface area contributed by atoms with Crippen LogP contribution in [0.1, 0.15) is 67.0 Å². The quantitative estimate of drug-likeness (QED) is 0.546. The third kappa shape index (κ3) is 5.58. The number of rotatable bonds is 7. The summed E-state index contributed by atoms with van der Waals surface area (Å²) in [5.74, 6) is -0.0111. The zero-order valence-electron chi connectivity index (χ0n) is 17.7. The Labute approximate surface area is 193 Å². The Balaban J connectivity index is 1.35. The number of nitrogens with one attached hydrogen (secondary N) is 1. The average molecular weight is 457 g/mol. The molecule has 0 fully saturated rings. The van der Waals surface area contributed by atoms with E-state index in [1.807, 2.05) is 29.2 Å². The topological polar surface area (TPSA) is 49.4 Å². The molecule has 0 spiro atoms. The fourth-order valence-electron chi connectivity index (χ4n) is 4.54. The summed E-state index contributed by atoms with van der Waals surface area (Å²) in [5, 5.41) is 5.76. The first-order valence-corrected chi connectivity index (χ1v) is 12.4. The van der Waals surface area contributed by atoms with Crippen molar-refractivity contribution in [3.8, 4) is 0 Å². The van der Waals surface area contributed by atoms with Crippen molar-refractivity contribution in [1.82, 2.24) is 10.2 Å². The Morgan fingerprint density at radius 1 is 1.10 bits per heavy atom. The van der Waals surface area contributed by atoms with E-state index in [-0.39, 0.29) is 30.7 Å². The molecule has 2 aromatic rings. The fourth-order valence-corrected chi connectivity index (χ4v) is 5.57. The predicted octanol–water partition coefficient (Wildman–Crippen LogP) is 5.66. The lowest BCUT2D eigenvalue weighted by Crippen LogP contribution is -2.40. The van der Waals surface area contributed by atoms with Gasteiger partial charge in [0.05, 0.1) is 6.04 Å². The maximum atomic E-state index is 13.1. The summed E-state index contributed by atoms with van der Waals surface area (Å²) in [6.07, 6.45) is 9.41. The summed E-state index contributed by atoms with van der Waals surface area (Å²) in [6, 6.07) is 9.73. The minimum absolute atomic E-state index is 0.0296. The van der Waals surface area contributed by atoms with Crippen molar-refractivity contribution in [3.63, 3.8) is 0 Å². The third-order valence-corrected chi connectivity index (χ3v) is 7.44. The van der Waals surface area contributed by atoms with Gasteiger partial charge in [0.25, 0.3) is 0 Å². The van der Waals surface area contributed by atoms with Gasteiger partial charge in [-0.1, -0.05) is 35.4 Å². The van der Waals surface area contributed by atoms with Crippen LogP contribution in [0, 0.1) is 0 Å². The molecule has 1 N–H and O–H groups in total. The van der Waals surface area contributed by atoms with Gasteiger partial charge in [-0.2, -0.15) is 0 Å². The molecule has 1 aromatic carbocycles. The van der Waals surface area contributed by atoms with Crippen LogP contribution >= 0.6 is 22.9 Å². The highest BCUT2D eigenvalue weighted by molar-refractivity contribution is 7.10. The summed E-state index contributed by atoms with van der Waals surface area (Å²) in [5.41, 5.74) is 3.70. The van der Waals surface area contributed by atoms with Crippen molar-refractivity contribution < 1.29 is 9.59 Å². The summed E-state index contributed by atoms with van der Waals surface area (Å²) in [7, 11) is 0. The van der Waals surface area contributed by atoms with E-state index in [0.717, 1.165) is 31.2 Å². The highest BCUT2D eigenvalue weighted by Gasteiger charge is 2.32. The number of halogens is 1. The summed E-state index contributed by atoms with van der Waals surface area (Å²) in [6.45, 7) is 1.34. The monoisotopic (exact) mass is 456 g/mol. The van der Waals surface area contributed by atoms with Crippen molar-refractivity contribution in [2.24, 2.45) is 0 Å². The van der Waals surface area contributed by atoms with Crippen molar-refractivity contribution in [2.45, 2.75) is 57.4 Å². The number of thiophene rings is 1. The summed E-state index contributed by atoms with van der Waals surface area (Å²) < 4.78 is 0. The molecule has 1 unspecified atom stereocenters. The Kier molecular flexibility index (Phi) is 7.46. The van der Waals surface area contributed by atoms with Crippen LogP contribution < -0.4 is 5.32 Å². The molecule has 2 amide bonds. The van der Waals surface area contributed by atoms with Crippen LogP contribution in [0.5, 0.6) is 0 Å². The van der Waals surface area contributed by atoms with E-state index in [0.29, 0.717) is 18.1 Å². The highest BCUT2D eigenvalue weighted by Crippen LogP contribution is 2.38. The maximum absolute atomic E-state index is 13.1. The molecule has 0 bridgehead atoms. The van der Waals surface area contributed by atoms with Gasteiger partial charge in [0.1, 0.15) is 0 Å². The van der Waals surface area contributed by atoms with Gasteiger partial charge >= 0.3 is 0 Å². The molecule has 2 aliphatic rings. The number of carbonyl (C=O) groups excluding carboxylic acids is 2. The fraction of sp³-hybridized carbons (Fsp3) is 0.440. The van der Waals surface area contributed by atoms with Gasteiger partial charge in [-0.05, 0) is 73.2 Å². The number of nitrogens with zero attached hydrogens (tertiary/aromatic N) is 1. The minimum Gasteiger partial charge on any atom is -0.356 e. The first-order chi connectivity index (χ1) is 15.1. The van der Waals surface area contributed by atoms with E-state index < -0.39 is 0 Å². The molecule has 0 saturated heterocycles. The van der Waals surface area contributed by atoms with E-state index in [2.05, 4.69) is 22.8 Å². The molecular weight excluding hydrogens is 428 g/mol. The molecule has 1 aliphatic carbocycles. The standard InChI is InChI=1S/C25H29ClN2O2S/c26-20-8-6-19(7-9-20)25-21-14-17-31-22(21)13-16-28(25)24(30)11-10-23(29)27-15-12-18-4-2-1-3-5-18/h4,6-9,14,17,25H,1-3,5,10-13,15-16H2,(H,27,29). The first-order valence-electron chi connectivity index (χ1n) is 11.2. The van der Waals surface area contributed by atoms with Crippen LogP contribution in [0.2, 0.25) is 5.02 Å². The lowest BCUT2D eigenvalue weighted by Gasteiger charge is -2.36. The zero-order valence-corrected chi connectivity index (χ0v) is 19.3. The largest absolute Gasteiger partial charge is 0.356 e. The molecule has 31 heavy (non-hydrogen) atoms. The number of amides is 2. The number of hydrogen-bond donors (Lipinski definition) is 1. The number of allylic oxidation sites excluding steroid dienone is 1. The van der Waals surface area contributed by atoms with Crippen molar-refractivity contribution in [2.75, 3.05) is 13.1 Å². The molecule has 1 aromatic heterocycles. The van der Waals surface area contributed by atoms with E-state index in [1.54, 1.807) is 11.3 Å². The Bertz CT molecular complexity index is 951. The number of hydrogen-bond acceptors (Lipinski definition) is 3. The Hall–Kier alpha value is -2.11. The average Bonchev–Trinajstić information content (AvgIpc) is 3.27. The number of benzene rings is 1. The van der Waals surface area contributed by atoms with Crippen LogP contribution in [0.4, 0.5) is 0 Å². The molecule has 1 aliphatic heterocycles. The van der Waals surface area contributed by atoms with E-state index in [4.69, 9.17) is 11.6 Å². The van der Waals surface area contributed by atoms with E-state index in [9.17, 15) is 9.59 Å². The third-order valence-electron chi connectivity index (χ3n) is 6.19. The molecule has 0 saturated carbocycles. The number of fused-ring (bicyclic) bond motifs is 1. The maximum Gasteiger partial charge on any atom is 0.223 e. The second-order valence-corrected chi connectivity index (χ2v) is 9.74. The van der Waals surface area contributed by atoms with Crippen LogP contribution in [-0.4, -0.2) is 29.8 Å². The lowest BCUT2D eigenvalue weighted by atomic mass is 9.93. The van der Waals surface area contributed by atoms with Crippen molar-refractivity contribution in [1.29, 1.82) is 0 Å². The van der Waals surface area contributed by atoms with Gasteiger partial charge in [-0.3, -0.25) is 9.59 Å². The van der Waals surface area contributed by atoms with Crippen LogP contribution in [0.25, 0.3) is 0 Å². The van der Waals surface area contributed by atoms with Gasteiger partial charge in [-0.25, -0.2) is 0 Å².